The maximum atomic E-state index is 12.6. The Bertz CT molecular complexity index is 382. The number of hydrogen-bond acceptors (Lipinski definition) is 2. The van der Waals surface area contributed by atoms with Gasteiger partial charge in [0.2, 0.25) is 0 Å². The molecule has 1 aliphatic heterocycles. The maximum absolute atomic E-state index is 12.6. The summed E-state index contributed by atoms with van der Waals surface area (Å²) < 4.78 is 0. The molecule has 3 heteroatoms. The van der Waals surface area contributed by atoms with E-state index in [1.54, 1.807) is 0 Å². The fraction of sp³-hybridized carbons (Fsp3) is 0.800. The molecule has 0 N–H and O–H groups in total. The Balaban J connectivity index is 3.57. The summed E-state index contributed by atoms with van der Waals surface area (Å²) in [6, 6.07) is 0. The van der Waals surface area contributed by atoms with Crippen molar-refractivity contribution in [3.05, 3.63) is 11.3 Å². The van der Waals surface area contributed by atoms with E-state index < -0.39 is 0 Å². The van der Waals surface area contributed by atoms with Gasteiger partial charge in [0, 0.05) is 30.8 Å². The summed E-state index contributed by atoms with van der Waals surface area (Å²) >= 11 is 0. The molecule has 0 saturated carbocycles. The van der Waals surface area contributed by atoms with Gasteiger partial charge in [-0.2, -0.15) is 0 Å². The van der Waals surface area contributed by atoms with Crippen LogP contribution in [0.3, 0.4) is 0 Å². The first-order valence-electron chi connectivity index (χ1n) is 6.64. The van der Waals surface area contributed by atoms with E-state index in [1.165, 1.54) is 5.70 Å². The predicted molar refractivity (Wildman–Crippen MR) is 75.9 cm³/mol. The average Bonchev–Trinajstić information content (AvgIpc) is 2.16. The summed E-state index contributed by atoms with van der Waals surface area (Å²) in [6.07, 6.45) is 0.109. The molecule has 1 unspecified atom stereocenters. The van der Waals surface area contributed by atoms with Gasteiger partial charge in [0.1, 0.15) is 6.17 Å². The minimum atomic E-state index is -0.137. The molecule has 0 fully saturated rings. The second-order valence-corrected chi connectivity index (χ2v) is 7.38. The van der Waals surface area contributed by atoms with Gasteiger partial charge in [-0.15, -0.1) is 0 Å². The lowest BCUT2D eigenvalue weighted by Crippen LogP contribution is -2.54. The molecule has 1 atom stereocenters. The van der Waals surface area contributed by atoms with E-state index in [0.29, 0.717) is 0 Å². The first-order chi connectivity index (χ1) is 7.89. The third kappa shape index (κ3) is 2.40. The summed E-state index contributed by atoms with van der Waals surface area (Å²) in [4.78, 5) is 16.7. The Labute approximate surface area is 112 Å². The van der Waals surface area contributed by atoms with Crippen LogP contribution in [0, 0.1) is 10.8 Å². The Morgan fingerprint density at radius 3 is 1.67 bits per heavy atom. The van der Waals surface area contributed by atoms with Crippen molar-refractivity contribution in [1.29, 1.82) is 0 Å². The molecule has 0 aromatic carbocycles. The number of carbonyl (C=O) groups is 1. The third-order valence-corrected chi connectivity index (χ3v) is 3.71. The van der Waals surface area contributed by atoms with Crippen LogP contribution in [0.4, 0.5) is 0 Å². The van der Waals surface area contributed by atoms with Crippen LogP contribution in [-0.2, 0) is 4.79 Å². The zero-order chi connectivity index (χ0) is 14.5. The molecule has 1 rings (SSSR count). The van der Waals surface area contributed by atoms with Gasteiger partial charge in [-0.05, 0) is 12.3 Å². The zero-order valence-electron chi connectivity index (χ0n) is 13.4. The van der Waals surface area contributed by atoms with Gasteiger partial charge in [0.15, 0.2) is 0 Å². The number of likely N-dealkylation sites (N-methyl/N-ethyl adjacent to an activating group) is 1. The largest absolute Gasteiger partial charge is 0.357 e. The van der Waals surface area contributed by atoms with Crippen molar-refractivity contribution in [3.8, 4) is 0 Å². The highest BCUT2D eigenvalue weighted by Gasteiger charge is 2.42. The Morgan fingerprint density at radius 2 is 1.33 bits per heavy atom. The van der Waals surface area contributed by atoms with Crippen LogP contribution in [0.2, 0.25) is 0 Å². The number of nitrogens with zero attached hydrogens (tertiary/aromatic N) is 2. The van der Waals surface area contributed by atoms with Crippen molar-refractivity contribution in [3.63, 3.8) is 0 Å². The third-order valence-electron chi connectivity index (χ3n) is 3.71. The number of rotatable bonds is 0. The lowest BCUT2D eigenvalue weighted by atomic mass is 9.76. The number of hydrogen-bond donors (Lipinski definition) is 0. The average molecular weight is 252 g/mol. The van der Waals surface area contributed by atoms with E-state index >= 15 is 0 Å². The van der Waals surface area contributed by atoms with Crippen LogP contribution >= 0.6 is 0 Å². The minimum Gasteiger partial charge on any atom is -0.357 e. The summed E-state index contributed by atoms with van der Waals surface area (Å²) in [7, 11) is 3.97. The van der Waals surface area contributed by atoms with Crippen molar-refractivity contribution in [2.24, 2.45) is 10.8 Å². The molecule has 0 aliphatic carbocycles. The summed E-state index contributed by atoms with van der Waals surface area (Å²) in [5.41, 5.74) is 1.95. The van der Waals surface area contributed by atoms with E-state index in [4.69, 9.17) is 0 Å². The second kappa shape index (κ2) is 4.29. The highest BCUT2D eigenvalue weighted by Crippen LogP contribution is 2.42. The molecule has 0 aromatic heterocycles. The number of amides is 1. The Kier molecular flexibility index (Phi) is 3.59. The van der Waals surface area contributed by atoms with Crippen LogP contribution in [0.5, 0.6) is 0 Å². The van der Waals surface area contributed by atoms with Crippen LogP contribution in [0.15, 0.2) is 11.3 Å². The number of allylic oxidation sites excluding steroid dienone is 1. The highest BCUT2D eigenvalue weighted by molar-refractivity contribution is 5.96. The molecule has 3 nitrogen and oxygen atoms in total. The van der Waals surface area contributed by atoms with Gasteiger partial charge in [-0.3, -0.25) is 4.79 Å². The molecule has 1 heterocycles. The van der Waals surface area contributed by atoms with Gasteiger partial charge in [-0.1, -0.05) is 41.5 Å². The van der Waals surface area contributed by atoms with E-state index in [2.05, 4.69) is 60.4 Å². The minimum absolute atomic E-state index is 0.0253. The summed E-state index contributed by atoms with van der Waals surface area (Å²) in [5, 5.41) is 0. The van der Waals surface area contributed by atoms with E-state index in [9.17, 15) is 4.79 Å². The standard InChI is InChI=1S/C15H28N2O/c1-10-16(8)12(15(5,6)7)11(14(2,3)4)13(18)17(10)9/h10H,1-9H3. The van der Waals surface area contributed by atoms with Gasteiger partial charge in [0.25, 0.3) is 5.91 Å². The lowest BCUT2D eigenvalue weighted by Gasteiger charge is -2.48. The molecule has 0 radical (unpaired) electrons. The SMILES string of the molecule is CC1N(C)C(=O)C(C(C)(C)C)=C(C(C)(C)C)N1C. The fourth-order valence-corrected chi connectivity index (χ4v) is 2.65. The lowest BCUT2D eigenvalue weighted by molar-refractivity contribution is -0.134. The Morgan fingerprint density at radius 1 is 0.889 bits per heavy atom. The van der Waals surface area contributed by atoms with Crippen molar-refractivity contribution in [2.75, 3.05) is 14.1 Å². The highest BCUT2D eigenvalue weighted by atomic mass is 16.2. The van der Waals surface area contributed by atoms with Gasteiger partial charge >= 0.3 is 0 Å². The Hall–Kier alpha value is -0.990. The molecular weight excluding hydrogens is 224 g/mol. The van der Waals surface area contributed by atoms with Crippen molar-refractivity contribution in [1.82, 2.24) is 9.80 Å². The summed E-state index contributed by atoms with van der Waals surface area (Å²) in [5.74, 6) is 0.165. The molecule has 1 aliphatic rings. The first kappa shape index (κ1) is 15.1. The van der Waals surface area contributed by atoms with E-state index in [-0.39, 0.29) is 22.9 Å². The quantitative estimate of drug-likeness (QED) is 0.661. The van der Waals surface area contributed by atoms with Crippen molar-refractivity contribution < 1.29 is 4.79 Å². The van der Waals surface area contributed by atoms with Crippen molar-refractivity contribution in [2.45, 2.75) is 54.6 Å². The number of carbonyl (C=O) groups excluding carboxylic acids is 1. The van der Waals surface area contributed by atoms with E-state index in [1.807, 2.05) is 11.9 Å². The smallest absolute Gasteiger partial charge is 0.253 e. The molecule has 1 amide bonds. The molecule has 0 spiro atoms. The zero-order valence-corrected chi connectivity index (χ0v) is 13.4. The molecule has 0 saturated heterocycles. The van der Waals surface area contributed by atoms with Gasteiger partial charge in [-0.25, -0.2) is 0 Å². The summed E-state index contributed by atoms with van der Waals surface area (Å²) in [6.45, 7) is 14.9. The molecular formula is C15H28N2O. The fourth-order valence-electron chi connectivity index (χ4n) is 2.65. The van der Waals surface area contributed by atoms with Crippen LogP contribution in [-0.4, -0.2) is 36.0 Å². The topological polar surface area (TPSA) is 23.6 Å². The molecule has 18 heavy (non-hydrogen) atoms. The predicted octanol–water partition coefficient (Wildman–Crippen LogP) is 3.08. The monoisotopic (exact) mass is 252 g/mol. The second-order valence-electron chi connectivity index (χ2n) is 7.38. The van der Waals surface area contributed by atoms with Crippen molar-refractivity contribution >= 4 is 5.91 Å². The van der Waals surface area contributed by atoms with Gasteiger partial charge in [0.05, 0.1) is 0 Å². The first-order valence-corrected chi connectivity index (χ1v) is 6.64. The molecule has 104 valence electrons. The van der Waals surface area contributed by atoms with Crippen LogP contribution in [0.1, 0.15) is 48.5 Å². The molecule has 0 bridgehead atoms. The van der Waals surface area contributed by atoms with E-state index in [0.717, 1.165) is 5.57 Å². The normalized spacial score (nSPS) is 22.9. The maximum Gasteiger partial charge on any atom is 0.253 e. The van der Waals surface area contributed by atoms with Crippen LogP contribution < -0.4 is 0 Å². The molecule has 0 aromatic rings. The van der Waals surface area contributed by atoms with Crippen LogP contribution in [0.25, 0.3) is 0 Å². The van der Waals surface area contributed by atoms with Gasteiger partial charge < -0.3 is 9.80 Å².